The highest BCUT2D eigenvalue weighted by molar-refractivity contribution is 6.13. The second-order valence-corrected chi connectivity index (χ2v) is 4.58. The van der Waals surface area contributed by atoms with Gasteiger partial charge in [0.2, 0.25) is 5.91 Å². The van der Waals surface area contributed by atoms with Crippen LogP contribution < -0.4 is 10.2 Å². The topological polar surface area (TPSA) is 69.7 Å². The quantitative estimate of drug-likeness (QED) is 0.847. The van der Waals surface area contributed by atoms with Crippen molar-refractivity contribution < 1.29 is 27.6 Å². The minimum absolute atomic E-state index is 0.255. The molecule has 0 aromatic heterocycles. The molecule has 0 saturated carbocycles. The van der Waals surface area contributed by atoms with Gasteiger partial charge in [0.1, 0.15) is 19.6 Å². The number of imide groups is 1. The second-order valence-electron chi connectivity index (χ2n) is 4.58. The summed E-state index contributed by atoms with van der Waals surface area (Å²) in [6.07, 6.45) is -4.55. The molecule has 22 heavy (non-hydrogen) atoms. The van der Waals surface area contributed by atoms with E-state index in [0.29, 0.717) is 10.6 Å². The molecular weight excluding hydrogens is 303 g/mol. The third-order valence-corrected chi connectivity index (χ3v) is 2.91. The molecule has 1 fully saturated rings. The van der Waals surface area contributed by atoms with Crippen LogP contribution in [0.1, 0.15) is 0 Å². The molecule has 0 bridgehead atoms. The van der Waals surface area contributed by atoms with Crippen molar-refractivity contribution in [1.82, 2.24) is 10.2 Å². The first-order chi connectivity index (χ1) is 10.3. The lowest BCUT2D eigenvalue weighted by atomic mass is 10.3. The van der Waals surface area contributed by atoms with E-state index >= 15 is 0 Å². The highest BCUT2D eigenvalue weighted by Gasteiger charge is 2.38. The fourth-order valence-electron chi connectivity index (χ4n) is 1.90. The zero-order valence-electron chi connectivity index (χ0n) is 11.3. The van der Waals surface area contributed by atoms with E-state index in [1.165, 1.54) is 0 Å². The maximum Gasteiger partial charge on any atom is 0.405 e. The number of hydrogen-bond donors (Lipinski definition) is 1. The molecule has 4 amide bonds. The molecule has 1 saturated heterocycles. The van der Waals surface area contributed by atoms with Crippen LogP contribution in [0.4, 0.5) is 23.7 Å². The van der Waals surface area contributed by atoms with Gasteiger partial charge in [-0.3, -0.25) is 19.4 Å². The van der Waals surface area contributed by atoms with Crippen LogP contribution in [-0.2, 0) is 9.59 Å². The summed E-state index contributed by atoms with van der Waals surface area (Å²) in [5.74, 6) is -1.69. The van der Waals surface area contributed by atoms with Gasteiger partial charge in [0.25, 0.3) is 5.91 Å². The molecule has 1 aromatic carbocycles. The number of urea groups is 1. The minimum Gasteiger partial charge on any atom is -0.345 e. The molecule has 0 unspecified atom stereocenters. The number of alkyl halides is 3. The van der Waals surface area contributed by atoms with Crippen molar-refractivity contribution >= 4 is 23.5 Å². The molecule has 0 spiro atoms. The van der Waals surface area contributed by atoms with Gasteiger partial charge in [-0.05, 0) is 12.1 Å². The first-order valence-corrected chi connectivity index (χ1v) is 6.28. The molecule has 9 heteroatoms. The van der Waals surface area contributed by atoms with Crippen molar-refractivity contribution in [2.24, 2.45) is 0 Å². The van der Waals surface area contributed by atoms with Crippen LogP contribution in [-0.4, -0.2) is 48.6 Å². The van der Waals surface area contributed by atoms with Crippen molar-refractivity contribution in [3.05, 3.63) is 30.3 Å². The molecular formula is C13H12F3N3O3. The number of anilines is 1. The maximum atomic E-state index is 12.1. The Balaban J connectivity index is 1.99. The third-order valence-electron chi connectivity index (χ3n) is 2.91. The molecule has 0 radical (unpaired) electrons. The molecule has 0 atom stereocenters. The van der Waals surface area contributed by atoms with Gasteiger partial charge in [-0.1, -0.05) is 18.2 Å². The highest BCUT2D eigenvalue weighted by Crippen LogP contribution is 2.20. The van der Waals surface area contributed by atoms with Gasteiger partial charge in [-0.25, -0.2) is 4.79 Å². The summed E-state index contributed by atoms with van der Waals surface area (Å²) in [4.78, 5) is 37.0. The van der Waals surface area contributed by atoms with E-state index in [4.69, 9.17) is 0 Å². The standard InChI is InChI=1S/C13H12F3N3O3/c14-13(15,16)8-17-10(20)6-19-11(21)7-18(12(19)22)9-4-2-1-3-5-9/h1-5H,6-8H2,(H,17,20). The van der Waals surface area contributed by atoms with Crippen LogP contribution >= 0.6 is 0 Å². The number of carbonyl (C=O) groups excluding carboxylic acids is 3. The predicted molar refractivity (Wildman–Crippen MR) is 70.0 cm³/mol. The van der Waals surface area contributed by atoms with E-state index in [0.717, 1.165) is 4.90 Å². The summed E-state index contributed by atoms with van der Waals surface area (Å²) in [5, 5.41) is 1.62. The lowest BCUT2D eigenvalue weighted by Crippen LogP contribution is -2.43. The first-order valence-electron chi connectivity index (χ1n) is 6.28. The Hall–Kier alpha value is -2.58. The Morgan fingerprint density at radius 3 is 2.41 bits per heavy atom. The first kappa shape index (κ1) is 15.8. The summed E-state index contributed by atoms with van der Waals surface area (Å²) >= 11 is 0. The molecule has 6 nitrogen and oxygen atoms in total. The molecule has 1 aliphatic heterocycles. The van der Waals surface area contributed by atoms with Crippen LogP contribution in [0.25, 0.3) is 0 Å². The Bertz CT molecular complexity index is 589. The normalized spacial score (nSPS) is 15.4. The van der Waals surface area contributed by atoms with Crippen molar-refractivity contribution in [3.8, 4) is 0 Å². The average Bonchev–Trinajstić information content (AvgIpc) is 2.73. The predicted octanol–water partition coefficient (Wildman–Crippen LogP) is 1.13. The monoisotopic (exact) mass is 315 g/mol. The molecule has 1 aromatic rings. The second kappa shape index (κ2) is 6.04. The van der Waals surface area contributed by atoms with E-state index in [1.807, 2.05) is 0 Å². The van der Waals surface area contributed by atoms with E-state index < -0.39 is 37.1 Å². The lowest BCUT2D eigenvalue weighted by molar-refractivity contribution is -0.140. The van der Waals surface area contributed by atoms with Crippen LogP contribution in [0, 0.1) is 0 Å². The molecule has 1 N–H and O–H groups in total. The Morgan fingerprint density at radius 2 is 1.82 bits per heavy atom. The highest BCUT2D eigenvalue weighted by atomic mass is 19.4. The zero-order chi connectivity index (χ0) is 16.3. The molecule has 1 aliphatic rings. The summed E-state index contributed by atoms with van der Waals surface area (Å²) in [6.45, 7) is -2.50. The van der Waals surface area contributed by atoms with Crippen molar-refractivity contribution in [2.75, 3.05) is 24.5 Å². The van der Waals surface area contributed by atoms with Crippen LogP contribution in [0.5, 0.6) is 0 Å². The number of nitrogens with one attached hydrogen (secondary N) is 1. The number of rotatable bonds is 4. The van der Waals surface area contributed by atoms with Gasteiger partial charge in [0.15, 0.2) is 0 Å². The Kier molecular flexibility index (Phi) is 4.34. The van der Waals surface area contributed by atoms with Crippen molar-refractivity contribution in [2.45, 2.75) is 6.18 Å². The van der Waals surface area contributed by atoms with Gasteiger partial charge in [-0.15, -0.1) is 0 Å². The van der Waals surface area contributed by atoms with Gasteiger partial charge in [0.05, 0.1) is 0 Å². The number of carbonyl (C=O) groups is 3. The number of nitrogens with zero attached hydrogens (tertiary/aromatic N) is 2. The van der Waals surface area contributed by atoms with Gasteiger partial charge in [0, 0.05) is 5.69 Å². The zero-order valence-corrected chi connectivity index (χ0v) is 11.3. The smallest absolute Gasteiger partial charge is 0.345 e. The fraction of sp³-hybridized carbons (Fsp3) is 0.308. The SMILES string of the molecule is O=C(CN1C(=O)CN(c2ccccc2)C1=O)NCC(F)(F)F. The maximum absolute atomic E-state index is 12.1. The van der Waals surface area contributed by atoms with E-state index in [-0.39, 0.29) is 6.54 Å². The van der Waals surface area contributed by atoms with Crippen LogP contribution in [0.2, 0.25) is 0 Å². The van der Waals surface area contributed by atoms with Gasteiger partial charge >= 0.3 is 12.2 Å². The van der Waals surface area contributed by atoms with E-state index in [2.05, 4.69) is 0 Å². The molecule has 1 heterocycles. The third kappa shape index (κ3) is 3.74. The van der Waals surface area contributed by atoms with E-state index in [9.17, 15) is 27.6 Å². The van der Waals surface area contributed by atoms with Gasteiger partial charge in [-0.2, -0.15) is 13.2 Å². The largest absolute Gasteiger partial charge is 0.405 e. The number of hydrogen-bond acceptors (Lipinski definition) is 3. The molecule has 2 rings (SSSR count). The number of para-hydroxylation sites is 1. The number of benzene rings is 1. The van der Waals surface area contributed by atoms with Crippen LogP contribution in [0.15, 0.2) is 30.3 Å². The van der Waals surface area contributed by atoms with Crippen molar-refractivity contribution in [3.63, 3.8) is 0 Å². The molecule has 118 valence electrons. The number of halogens is 3. The summed E-state index contributed by atoms with van der Waals surface area (Å²) in [5.41, 5.74) is 0.471. The Labute approximate surface area is 123 Å². The van der Waals surface area contributed by atoms with E-state index in [1.54, 1.807) is 35.6 Å². The summed E-state index contributed by atoms with van der Waals surface area (Å²) < 4.78 is 36.0. The van der Waals surface area contributed by atoms with Gasteiger partial charge < -0.3 is 5.32 Å². The molecule has 0 aliphatic carbocycles. The summed E-state index contributed by atoms with van der Waals surface area (Å²) in [6, 6.07) is 7.56. The van der Waals surface area contributed by atoms with Crippen LogP contribution in [0.3, 0.4) is 0 Å². The lowest BCUT2D eigenvalue weighted by Gasteiger charge is -2.17. The fourth-order valence-corrected chi connectivity index (χ4v) is 1.90. The minimum atomic E-state index is -4.55. The Morgan fingerprint density at radius 1 is 1.18 bits per heavy atom. The number of amides is 4. The van der Waals surface area contributed by atoms with Crippen molar-refractivity contribution in [1.29, 1.82) is 0 Å². The average molecular weight is 315 g/mol. The summed E-state index contributed by atoms with van der Waals surface area (Å²) in [7, 11) is 0.